The van der Waals surface area contributed by atoms with E-state index in [0.717, 1.165) is 0 Å². The van der Waals surface area contributed by atoms with E-state index >= 15 is 0 Å². The topological polar surface area (TPSA) is 83.3 Å². The van der Waals surface area contributed by atoms with Crippen LogP contribution in [-0.4, -0.2) is 17.4 Å². The number of aromatic amines is 1. The number of pyridine rings is 1. The van der Waals surface area contributed by atoms with Crippen molar-refractivity contribution in [3.05, 3.63) is 34.2 Å². The van der Waals surface area contributed by atoms with E-state index in [1.54, 1.807) is 12.4 Å². The van der Waals surface area contributed by atoms with Crippen LogP contribution in [0.25, 0.3) is 0 Å². The summed E-state index contributed by atoms with van der Waals surface area (Å²) in [5.41, 5.74) is 2.73. The molecule has 0 aliphatic carbocycles. The largest absolute Gasteiger partial charge is 0.367 e. The summed E-state index contributed by atoms with van der Waals surface area (Å²) in [6.07, 6.45) is 3.13. The molecule has 0 aliphatic rings. The van der Waals surface area contributed by atoms with Crippen molar-refractivity contribution in [1.29, 1.82) is 0 Å². The maximum atomic E-state index is 11.3. The molecule has 5 nitrogen and oxygen atoms in total. The molecule has 1 aromatic rings. The van der Waals surface area contributed by atoms with Crippen LogP contribution in [0.3, 0.4) is 0 Å². The number of nitrogens with two attached hydrogens (primary N) is 1. The van der Waals surface area contributed by atoms with Gasteiger partial charge in [-0.25, -0.2) is 5.84 Å². The Morgan fingerprint density at radius 2 is 2.54 bits per heavy atom. The summed E-state index contributed by atoms with van der Waals surface area (Å²) in [4.78, 5) is 18.1. The molecule has 0 unspecified atom stereocenters. The lowest BCUT2D eigenvalue weighted by Crippen LogP contribution is -2.34. The van der Waals surface area contributed by atoms with E-state index in [1.807, 2.05) is 6.92 Å². The molecule has 0 saturated heterocycles. The Morgan fingerprint density at radius 1 is 1.77 bits per heavy atom. The summed E-state index contributed by atoms with van der Waals surface area (Å²) in [5, 5.41) is 0. The van der Waals surface area contributed by atoms with Crippen LogP contribution in [0, 0.1) is 0 Å². The first kappa shape index (κ1) is 9.47. The third-order valence-corrected chi connectivity index (χ3v) is 1.53. The smallest absolute Gasteiger partial charge is 0.192 e. The molecule has 0 saturated carbocycles. The summed E-state index contributed by atoms with van der Waals surface area (Å²) in [7, 11) is 0. The van der Waals surface area contributed by atoms with Gasteiger partial charge in [0, 0.05) is 25.0 Å². The molecule has 1 rings (SSSR count). The van der Waals surface area contributed by atoms with E-state index in [2.05, 4.69) is 15.4 Å². The highest BCUT2D eigenvalue weighted by molar-refractivity contribution is 5.97. The molecule has 70 valence electrons. The highest BCUT2D eigenvalue weighted by Gasteiger charge is 2.03. The molecule has 4 N–H and O–H groups in total. The van der Waals surface area contributed by atoms with Crippen LogP contribution in [0.15, 0.2) is 28.2 Å². The van der Waals surface area contributed by atoms with Crippen molar-refractivity contribution in [1.82, 2.24) is 10.4 Å². The second-order valence-corrected chi connectivity index (χ2v) is 2.39. The van der Waals surface area contributed by atoms with E-state index in [-0.39, 0.29) is 5.43 Å². The van der Waals surface area contributed by atoms with Crippen molar-refractivity contribution in [3.63, 3.8) is 0 Å². The first-order valence-electron chi connectivity index (χ1n) is 3.98. The zero-order valence-electron chi connectivity index (χ0n) is 7.37. The van der Waals surface area contributed by atoms with Gasteiger partial charge in [0.2, 0.25) is 0 Å². The number of H-pyrrole nitrogens is 1. The van der Waals surface area contributed by atoms with Crippen molar-refractivity contribution in [2.75, 3.05) is 6.54 Å². The van der Waals surface area contributed by atoms with Gasteiger partial charge in [0.05, 0.1) is 5.56 Å². The minimum atomic E-state index is -0.107. The molecule has 0 fully saturated rings. The number of nitrogens with one attached hydrogen (secondary N) is 2. The maximum Gasteiger partial charge on any atom is 0.192 e. The van der Waals surface area contributed by atoms with Crippen LogP contribution in [0.1, 0.15) is 12.5 Å². The fourth-order valence-corrected chi connectivity index (χ4v) is 0.968. The van der Waals surface area contributed by atoms with Crippen molar-refractivity contribution in [2.45, 2.75) is 6.92 Å². The zero-order valence-corrected chi connectivity index (χ0v) is 7.37. The quantitative estimate of drug-likeness (QED) is 0.251. The predicted molar refractivity (Wildman–Crippen MR) is 51.5 cm³/mol. The highest BCUT2D eigenvalue weighted by Crippen LogP contribution is 1.88. The predicted octanol–water partition coefficient (Wildman–Crippen LogP) is -0.395. The fraction of sp³-hybridized carbons (Fsp3) is 0.250. The second kappa shape index (κ2) is 4.42. The van der Waals surface area contributed by atoms with Crippen molar-refractivity contribution in [2.24, 2.45) is 10.8 Å². The van der Waals surface area contributed by atoms with Crippen LogP contribution in [-0.2, 0) is 0 Å². The molecule has 0 atom stereocenters. The van der Waals surface area contributed by atoms with E-state index in [1.165, 1.54) is 6.07 Å². The van der Waals surface area contributed by atoms with Crippen LogP contribution in [0.4, 0.5) is 0 Å². The van der Waals surface area contributed by atoms with Crippen molar-refractivity contribution < 1.29 is 0 Å². The summed E-state index contributed by atoms with van der Waals surface area (Å²) in [5.74, 6) is 5.63. The van der Waals surface area contributed by atoms with E-state index < -0.39 is 0 Å². The fourth-order valence-electron chi connectivity index (χ4n) is 0.968. The summed E-state index contributed by atoms with van der Waals surface area (Å²) in [6, 6.07) is 1.43. The van der Waals surface area contributed by atoms with Crippen molar-refractivity contribution >= 4 is 5.84 Å². The number of hydrogen-bond acceptors (Lipinski definition) is 3. The first-order valence-corrected chi connectivity index (χ1v) is 3.98. The molecule has 5 heteroatoms. The number of aliphatic imine (C=N–C) groups is 1. The van der Waals surface area contributed by atoms with Gasteiger partial charge < -0.3 is 10.4 Å². The lowest BCUT2D eigenvalue weighted by Gasteiger charge is -2.02. The summed E-state index contributed by atoms with van der Waals surface area (Å²) >= 11 is 0. The average Bonchev–Trinajstić information content (AvgIpc) is 2.16. The number of rotatable bonds is 2. The van der Waals surface area contributed by atoms with Crippen LogP contribution < -0.4 is 16.7 Å². The van der Waals surface area contributed by atoms with Crippen molar-refractivity contribution in [3.8, 4) is 0 Å². The molecular weight excluding hydrogens is 168 g/mol. The van der Waals surface area contributed by atoms with E-state index in [0.29, 0.717) is 17.9 Å². The van der Waals surface area contributed by atoms with Crippen LogP contribution >= 0.6 is 0 Å². The molecule has 0 bridgehead atoms. The second-order valence-electron chi connectivity index (χ2n) is 2.39. The van der Waals surface area contributed by atoms with Gasteiger partial charge in [0.1, 0.15) is 5.84 Å². The molecule has 0 aromatic carbocycles. The molecule has 0 amide bonds. The minimum Gasteiger partial charge on any atom is -0.367 e. The van der Waals surface area contributed by atoms with E-state index in [9.17, 15) is 4.79 Å². The van der Waals surface area contributed by atoms with Gasteiger partial charge in [-0.15, -0.1) is 0 Å². The number of hydrazine groups is 1. The Balaban J connectivity index is 3.13. The highest BCUT2D eigenvalue weighted by atomic mass is 16.1. The molecule has 13 heavy (non-hydrogen) atoms. The first-order chi connectivity index (χ1) is 6.29. The Kier molecular flexibility index (Phi) is 3.22. The van der Waals surface area contributed by atoms with E-state index in [4.69, 9.17) is 5.84 Å². The van der Waals surface area contributed by atoms with Gasteiger partial charge in [-0.05, 0) is 6.92 Å². The number of aromatic nitrogens is 1. The third-order valence-electron chi connectivity index (χ3n) is 1.53. The zero-order chi connectivity index (χ0) is 9.68. The third kappa shape index (κ3) is 2.16. The lowest BCUT2D eigenvalue weighted by molar-refractivity contribution is 0.987. The SMILES string of the molecule is CCN=C(NN)c1c[nH]ccc1=O. The molecule has 0 spiro atoms. The van der Waals surface area contributed by atoms with Gasteiger partial charge in [0.15, 0.2) is 5.43 Å². The molecule has 0 aliphatic heterocycles. The van der Waals surface area contributed by atoms with Gasteiger partial charge in [-0.2, -0.15) is 0 Å². The standard InChI is InChI=1S/C8H12N4O/c1-2-11-8(12-9)6-5-10-4-3-7(6)13/h3-5H,2,9H2,1H3,(H,10,13)(H,11,12). The van der Waals surface area contributed by atoms with Gasteiger partial charge in [-0.1, -0.05) is 0 Å². The Hall–Kier alpha value is -1.62. The Bertz CT molecular complexity index is 355. The van der Waals surface area contributed by atoms with Gasteiger partial charge in [-0.3, -0.25) is 9.79 Å². The molecular formula is C8H12N4O. The minimum absolute atomic E-state index is 0.107. The lowest BCUT2D eigenvalue weighted by atomic mass is 10.2. The Morgan fingerprint density at radius 3 is 3.08 bits per heavy atom. The number of amidine groups is 1. The van der Waals surface area contributed by atoms with Gasteiger partial charge in [0.25, 0.3) is 0 Å². The number of hydrogen-bond donors (Lipinski definition) is 3. The summed E-state index contributed by atoms with van der Waals surface area (Å²) in [6.45, 7) is 2.45. The van der Waals surface area contributed by atoms with Crippen LogP contribution in [0.2, 0.25) is 0 Å². The average molecular weight is 180 g/mol. The molecule has 1 aromatic heterocycles. The monoisotopic (exact) mass is 180 g/mol. The molecule has 0 radical (unpaired) electrons. The maximum absolute atomic E-state index is 11.3. The number of nitrogens with zero attached hydrogens (tertiary/aromatic N) is 1. The molecule has 1 heterocycles. The Labute approximate surface area is 75.7 Å². The van der Waals surface area contributed by atoms with Crippen LogP contribution in [0.5, 0.6) is 0 Å². The van der Waals surface area contributed by atoms with Gasteiger partial charge >= 0.3 is 0 Å². The normalized spacial score (nSPS) is 11.4. The summed E-state index contributed by atoms with van der Waals surface area (Å²) < 4.78 is 0.